The Labute approximate surface area is 129 Å². The Kier molecular flexibility index (Phi) is 3.83. The fourth-order valence-corrected chi connectivity index (χ4v) is 2.77. The topological polar surface area (TPSA) is 68.0 Å². The molecule has 122 valence electrons. The number of carboxylic acid groups (broad SMARTS) is 1. The van der Waals surface area contributed by atoms with Crippen molar-refractivity contribution < 1.29 is 23.1 Å². The lowest BCUT2D eigenvalue weighted by Crippen LogP contribution is -2.24. The molecule has 1 N–H and O–H groups in total. The molecule has 0 aliphatic heterocycles. The van der Waals surface area contributed by atoms with E-state index in [-0.39, 0.29) is 43.0 Å². The number of nitrogens with zero attached hydrogens (tertiary/aromatic N) is 3. The number of halogens is 3. The van der Waals surface area contributed by atoms with Gasteiger partial charge in [0.25, 0.3) is 0 Å². The van der Waals surface area contributed by atoms with Gasteiger partial charge in [0.1, 0.15) is 12.1 Å². The van der Waals surface area contributed by atoms with E-state index in [2.05, 4.69) is 9.97 Å². The quantitative estimate of drug-likeness (QED) is 0.939. The van der Waals surface area contributed by atoms with Crippen molar-refractivity contribution in [3.63, 3.8) is 0 Å². The zero-order valence-electron chi connectivity index (χ0n) is 12.0. The van der Waals surface area contributed by atoms with Crippen LogP contribution in [-0.2, 0) is 0 Å². The third kappa shape index (κ3) is 3.20. The van der Waals surface area contributed by atoms with E-state index in [4.69, 9.17) is 5.11 Å². The molecule has 2 heterocycles. The predicted molar refractivity (Wildman–Crippen MR) is 74.4 cm³/mol. The van der Waals surface area contributed by atoms with Crippen molar-refractivity contribution in [3.05, 3.63) is 42.0 Å². The largest absolute Gasteiger partial charge is 0.476 e. The summed E-state index contributed by atoms with van der Waals surface area (Å²) in [6, 6.07) is 1.21. The first kappa shape index (κ1) is 15.5. The van der Waals surface area contributed by atoms with Crippen molar-refractivity contribution in [1.82, 2.24) is 14.5 Å². The summed E-state index contributed by atoms with van der Waals surface area (Å²) in [5.74, 6) is -4.75. The zero-order chi connectivity index (χ0) is 16.6. The molecule has 0 bridgehead atoms. The Morgan fingerprint density at radius 2 is 2.00 bits per heavy atom. The Morgan fingerprint density at radius 1 is 1.30 bits per heavy atom. The van der Waals surface area contributed by atoms with Gasteiger partial charge in [-0.3, -0.25) is 4.98 Å². The molecule has 5 nitrogen and oxygen atoms in total. The Bertz CT molecular complexity index is 735. The van der Waals surface area contributed by atoms with Gasteiger partial charge in [-0.25, -0.2) is 22.9 Å². The predicted octanol–water partition coefficient (Wildman–Crippen LogP) is 3.40. The first-order valence-corrected chi connectivity index (χ1v) is 7.17. The number of hydrogen-bond donors (Lipinski definition) is 1. The van der Waals surface area contributed by atoms with Crippen LogP contribution < -0.4 is 0 Å². The molecule has 0 saturated heterocycles. The molecule has 1 aliphatic carbocycles. The zero-order valence-corrected chi connectivity index (χ0v) is 12.0. The van der Waals surface area contributed by atoms with Crippen LogP contribution >= 0.6 is 0 Å². The van der Waals surface area contributed by atoms with E-state index in [1.807, 2.05) is 0 Å². The summed E-state index contributed by atoms with van der Waals surface area (Å²) in [7, 11) is 0. The van der Waals surface area contributed by atoms with Crippen LogP contribution in [0, 0.1) is 5.82 Å². The molecule has 2 aromatic heterocycles. The number of hydrogen-bond acceptors (Lipinski definition) is 3. The van der Waals surface area contributed by atoms with E-state index in [0.29, 0.717) is 5.69 Å². The highest BCUT2D eigenvalue weighted by atomic mass is 19.3. The van der Waals surface area contributed by atoms with Crippen LogP contribution in [0.5, 0.6) is 0 Å². The minimum Gasteiger partial charge on any atom is -0.476 e. The molecule has 0 unspecified atom stereocenters. The summed E-state index contributed by atoms with van der Waals surface area (Å²) in [5, 5.41) is 8.83. The van der Waals surface area contributed by atoms with E-state index in [1.165, 1.54) is 29.4 Å². The maximum atomic E-state index is 14.3. The second-order valence-electron chi connectivity index (χ2n) is 5.66. The number of carbonyl (C=O) groups is 1. The van der Waals surface area contributed by atoms with Gasteiger partial charge < -0.3 is 9.67 Å². The first-order valence-electron chi connectivity index (χ1n) is 7.17. The molecule has 0 radical (unpaired) electrons. The molecule has 1 aliphatic rings. The highest BCUT2D eigenvalue weighted by Gasteiger charge is 2.36. The lowest BCUT2D eigenvalue weighted by atomic mass is 9.84. The van der Waals surface area contributed by atoms with Crippen LogP contribution in [0.3, 0.4) is 0 Å². The van der Waals surface area contributed by atoms with Gasteiger partial charge in [0.2, 0.25) is 5.92 Å². The summed E-state index contributed by atoms with van der Waals surface area (Å²) in [5.41, 5.74) is 0.346. The van der Waals surface area contributed by atoms with Crippen molar-refractivity contribution in [3.8, 4) is 5.69 Å². The fourth-order valence-electron chi connectivity index (χ4n) is 2.77. The molecule has 3 rings (SSSR count). The molecule has 0 spiro atoms. The van der Waals surface area contributed by atoms with Crippen molar-refractivity contribution in [2.75, 3.05) is 0 Å². The molecular formula is C15H14F3N3O2. The maximum Gasteiger partial charge on any atom is 0.356 e. The highest BCUT2D eigenvalue weighted by Crippen LogP contribution is 2.40. The minimum absolute atomic E-state index is 0.163. The van der Waals surface area contributed by atoms with Gasteiger partial charge in [-0.15, -0.1) is 0 Å². The van der Waals surface area contributed by atoms with Crippen LogP contribution in [0.1, 0.15) is 47.8 Å². The molecule has 8 heteroatoms. The molecular weight excluding hydrogens is 311 g/mol. The lowest BCUT2D eigenvalue weighted by Gasteiger charge is -2.28. The maximum absolute atomic E-state index is 14.3. The number of carboxylic acids is 1. The highest BCUT2D eigenvalue weighted by molar-refractivity contribution is 5.85. The van der Waals surface area contributed by atoms with Gasteiger partial charge >= 0.3 is 5.97 Å². The van der Waals surface area contributed by atoms with Crippen LogP contribution in [0.15, 0.2) is 24.8 Å². The number of alkyl halides is 2. The molecule has 2 aromatic rings. The van der Waals surface area contributed by atoms with Gasteiger partial charge in [0.05, 0.1) is 17.6 Å². The second-order valence-corrected chi connectivity index (χ2v) is 5.66. The third-order valence-electron chi connectivity index (χ3n) is 4.06. The van der Waals surface area contributed by atoms with E-state index < -0.39 is 17.7 Å². The van der Waals surface area contributed by atoms with Crippen LogP contribution in [0.4, 0.5) is 13.2 Å². The Balaban J connectivity index is 1.82. The Hall–Kier alpha value is -2.38. The summed E-state index contributed by atoms with van der Waals surface area (Å²) in [6.07, 6.45) is 3.77. The van der Waals surface area contributed by atoms with Crippen molar-refractivity contribution in [2.45, 2.75) is 37.5 Å². The summed E-state index contributed by atoms with van der Waals surface area (Å²) in [6.45, 7) is 0. The average molecular weight is 325 g/mol. The fraction of sp³-hybridized carbons (Fsp3) is 0.400. The number of pyridine rings is 1. The van der Waals surface area contributed by atoms with Gasteiger partial charge in [0.15, 0.2) is 5.69 Å². The summed E-state index contributed by atoms with van der Waals surface area (Å²) >= 11 is 0. The monoisotopic (exact) mass is 325 g/mol. The Morgan fingerprint density at radius 3 is 2.57 bits per heavy atom. The van der Waals surface area contributed by atoms with E-state index >= 15 is 0 Å². The lowest BCUT2D eigenvalue weighted by molar-refractivity contribution is -0.0387. The smallest absolute Gasteiger partial charge is 0.356 e. The average Bonchev–Trinajstić information content (AvgIpc) is 2.98. The van der Waals surface area contributed by atoms with Crippen LogP contribution in [0.2, 0.25) is 0 Å². The van der Waals surface area contributed by atoms with E-state index in [0.717, 1.165) is 0 Å². The number of aromatic nitrogens is 3. The van der Waals surface area contributed by atoms with Gasteiger partial charge in [-0.1, -0.05) is 0 Å². The molecule has 0 amide bonds. The van der Waals surface area contributed by atoms with Gasteiger partial charge in [0, 0.05) is 31.0 Å². The van der Waals surface area contributed by atoms with E-state index in [1.54, 1.807) is 0 Å². The second kappa shape index (κ2) is 5.68. The summed E-state index contributed by atoms with van der Waals surface area (Å²) in [4.78, 5) is 18.5. The minimum atomic E-state index is -2.67. The molecule has 23 heavy (non-hydrogen) atoms. The third-order valence-corrected chi connectivity index (χ3v) is 4.06. The standard InChI is InChI=1S/C15H14F3N3O2/c16-11-5-10(21-7-12(14(22)23)20-8-21)6-19-13(11)9-1-3-15(17,18)4-2-9/h5-9H,1-4H2,(H,22,23). The SMILES string of the molecule is O=C(O)c1cn(-c2cnc(C3CCC(F)(F)CC3)c(F)c2)cn1. The van der Waals surface area contributed by atoms with Crippen LogP contribution in [-0.4, -0.2) is 31.5 Å². The number of aromatic carboxylic acids is 1. The normalized spacial score (nSPS) is 18.0. The summed E-state index contributed by atoms with van der Waals surface area (Å²) < 4.78 is 42.0. The van der Waals surface area contributed by atoms with Crippen molar-refractivity contribution >= 4 is 5.97 Å². The number of rotatable bonds is 3. The molecule has 0 aromatic carbocycles. The molecule has 1 saturated carbocycles. The first-order chi connectivity index (χ1) is 10.9. The van der Waals surface area contributed by atoms with Gasteiger partial charge in [-0.2, -0.15) is 0 Å². The van der Waals surface area contributed by atoms with E-state index in [9.17, 15) is 18.0 Å². The van der Waals surface area contributed by atoms with Gasteiger partial charge in [-0.05, 0) is 12.8 Å². The number of imidazole rings is 1. The van der Waals surface area contributed by atoms with Crippen molar-refractivity contribution in [1.29, 1.82) is 0 Å². The van der Waals surface area contributed by atoms with Crippen LogP contribution in [0.25, 0.3) is 5.69 Å². The molecule has 1 fully saturated rings. The van der Waals surface area contributed by atoms with Crippen molar-refractivity contribution in [2.24, 2.45) is 0 Å². The molecule has 0 atom stereocenters.